The second kappa shape index (κ2) is 4.97. The molecule has 2 rings (SSSR count). The number of hydrogen-bond donors (Lipinski definition) is 2. The number of nitrogens with one attached hydrogen (secondary N) is 1. The van der Waals surface area contributed by atoms with Crippen LogP contribution in [0.1, 0.15) is 0 Å². The Morgan fingerprint density at radius 2 is 2.11 bits per heavy atom. The minimum atomic E-state index is -0.393. The van der Waals surface area contributed by atoms with Crippen molar-refractivity contribution in [2.24, 2.45) is 5.84 Å². The van der Waals surface area contributed by atoms with Crippen LogP contribution >= 0.6 is 23.2 Å². The van der Waals surface area contributed by atoms with Gasteiger partial charge >= 0.3 is 0 Å². The van der Waals surface area contributed by atoms with E-state index in [0.29, 0.717) is 15.9 Å². The van der Waals surface area contributed by atoms with Crippen molar-refractivity contribution in [2.75, 3.05) is 0 Å². The highest BCUT2D eigenvalue weighted by molar-refractivity contribution is 6.38. The van der Waals surface area contributed by atoms with Crippen LogP contribution in [0.15, 0.2) is 29.2 Å². The van der Waals surface area contributed by atoms with Gasteiger partial charge in [-0.1, -0.05) is 23.2 Å². The van der Waals surface area contributed by atoms with Gasteiger partial charge in [0.15, 0.2) is 5.43 Å². The number of nitrogens with zero attached hydrogens (tertiary/aromatic N) is 1. The van der Waals surface area contributed by atoms with Gasteiger partial charge in [-0.05, 0) is 12.1 Å². The van der Waals surface area contributed by atoms with Crippen molar-refractivity contribution >= 4 is 40.0 Å². The second-order valence-corrected chi connectivity index (χ2v) is 4.50. The van der Waals surface area contributed by atoms with E-state index < -0.39 is 5.91 Å². The molecule has 0 atom stereocenters. The first kappa shape index (κ1) is 12.9. The number of aromatic nitrogens is 1. The quantitative estimate of drug-likeness (QED) is 0.496. The Hall–Kier alpha value is -1.56. The van der Waals surface area contributed by atoms with E-state index in [0.717, 1.165) is 0 Å². The Morgan fingerprint density at radius 3 is 2.78 bits per heavy atom. The van der Waals surface area contributed by atoms with E-state index in [1.54, 1.807) is 10.6 Å². The first-order chi connectivity index (χ1) is 8.52. The van der Waals surface area contributed by atoms with Crippen LogP contribution in [0.5, 0.6) is 0 Å². The van der Waals surface area contributed by atoms with E-state index in [-0.39, 0.29) is 17.0 Å². The number of pyridine rings is 1. The molecule has 94 valence electrons. The van der Waals surface area contributed by atoms with Gasteiger partial charge in [-0.25, -0.2) is 5.84 Å². The maximum absolute atomic E-state index is 11.8. The van der Waals surface area contributed by atoms with Crippen molar-refractivity contribution in [3.8, 4) is 0 Å². The van der Waals surface area contributed by atoms with Gasteiger partial charge in [0.2, 0.25) is 0 Å². The van der Waals surface area contributed by atoms with Crippen molar-refractivity contribution < 1.29 is 4.79 Å². The normalized spacial score (nSPS) is 10.6. The number of halogens is 2. The Kier molecular flexibility index (Phi) is 3.56. The van der Waals surface area contributed by atoms with E-state index in [1.807, 2.05) is 5.43 Å². The topological polar surface area (TPSA) is 77.1 Å². The van der Waals surface area contributed by atoms with Crippen LogP contribution in [0.25, 0.3) is 10.9 Å². The van der Waals surface area contributed by atoms with Crippen LogP contribution in [-0.2, 0) is 11.3 Å². The summed E-state index contributed by atoms with van der Waals surface area (Å²) >= 11 is 11.9. The highest BCUT2D eigenvalue weighted by atomic mass is 35.5. The average Bonchev–Trinajstić information content (AvgIpc) is 2.31. The molecule has 0 saturated heterocycles. The fraction of sp³-hybridized carbons (Fsp3) is 0.0909. The molecule has 0 aliphatic carbocycles. The third-order valence-electron chi connectivity index (χ3n) is 2.47. The van der Waals surface area contributed by atoms with E-state index in [1.165, 1.54) is 18.3 Å². The van der Waals surface area contributed by atoms with E-state index in [4.69, 9.17) is 29.0 Å². The molecule has 0 fully saturated rings. The lowest BCUT2D eigenvalue weighted by Crippen LogP contribution is -2.33. The van der Waals surface area contributed by atoms with Crippen LogP contribution in [-0.4, -0.2) is 10.5 Å². The van der Waals surface area contributed by atoms with Crippen molar-refractivity contribution in [2.45, 2.75) is 6.54 Å². The minimum Gasteiger partial charge on any atom is -0.338 e. The summed E-state index contributed by atoms with van der Waals surface area (Å²) in [6, 6.07) is 4.40. The number of hydrazine groups is 1. The Bertz CT molecular complexity index is 682. The van der Waals surface area contributed by atoms with Crippen molar-refractivity contribution in [1.29, 1.82) is 0 Å². The summed E-state index contributed by atoms with van der Waals surface area (Å²) in [6.07, 6.45) is 1.49. The van der Waals surface area contributed by atoms with Crippen LogP contribution < -0.4 is 16.7 Å². The second-order valence-electron chi connectivity index (χ2n) is 3.66. The zero-order chi connectivity index (χ0) is 13.3. The van der Waals surface area contributed by atoms with Crippen LogP contribution in [0.2, 0.25) is 10.0 Å². The van der Waals surface area contributed by atoms with Crippen molar-refractivity contribution in [3.05, 3.63) is 44.7 Å². The summed E-state index contributed by atoms with van der Waals surface area (Å²) in [5.41, 5.74) is 2.28. The number of fused-ring (bicyclic) bond motifs is 1. The zero-order valence-electron chi connectivity index (χ0n) is 9.11. The molecular formula is C11H9Cl2N3O2. The Labute approximate surface area is 112 Å². The van der Waals surface area contributed by atoms with E-state index in [9.17, 15) is 9.59 Å². The maximum atomic E-state index is 11.8. The third kappa shape index (κ3) is 2.33. The van der Waals surface area contributed by atoms with Crippen molar-refractivity contribution in [1.82, 2.24) is 9.99 Å². The SMILES string of the molecule is NNC(=O)Cn1ccc(=O)c2c(Cl)cc(Cl)cc21. The molecule has 0 bridgehead atoms. The summed E-state index contributed by atoms with van der Waals surface area (Å²) in [6.45, 7) is -0.0239. The number of amides is 1. The number of carbonyl (C=O) groups excluding carboxylic acids is 1. The summed E-state index contributed by atoms with van der Waals surface area (Å²) < 4.78 is 1.55. The smallest absolute Gasteiger partial charge is 0.253 e. The fourth-order valence-corrected chi connectivity index (χ4v) is 2.27. The molecule has 0 saturated carbocycles. The number of rotatable bonds is 2. The molecule has 3 N–H and O–H groups in total. The van der Waals surface area contributed by atoms with Gasteiger partial charge < -0.3 is 4.57 Å². The summed E-state index contributed by atoms with van der Waals surface area (Å²) in [5, 5.41) is 0.971. The maximum Gasteiger partial charge on any atom is 0.253 e. The predicted molar refractivity (Wildman–Crippen MR) is 70.6 cm³/mol. The van der Waals surface area contributed by atoms with Gasteiger partial charge in [-0.3, -0.25) is 15.0 Å². The predicted octanol–water partition coefficient (Wildman–Crippen LogP) is 1.30. The number of nitrogens with two attached hydrogens (primary N) is 1. The van der Waals surface area contributed by atoms with Gasteiger partial charge in [-0.15, -0.1) is 0 Å². The fourth-order valence-electron chi connectivity index (χ4n) is 1.69. The molecule has 2 aromatic rings. The molecule has 0 spiro atoms. The molecule has 0 aliphatic rings. The van der Waals surface area contributed by atoms with Gasteiger partial charge in [-0.2, -0.15) is 0 Å². The van der Waals surface area contributed by atoms with Gasteiger partial charge in [0, 0.05) is 17.3 Å². The lowest BCUT2D eigenvalue weighted by molar-refractivity contribution is -0.121. The monoisotopic (exact) mass is 285 g/mol. The van der Waals surface area contributed by atoms with Crippen molar-refractivity contribution in [3.63, 3.8) is 0 Å². The summed E-state index contributed by atoms with van der Waals surface area (Å²) in [7, 11) is 0. The molecule has 18 heavy (non-hydrogen) atoms. The van der Waals surface area contributed by atoms with Crippen LogP contribution in [0, 0.1) is 0 Å². The summed E-state index contributed by atoms with van der Waals surface area (Å²) in [4.78, 5) is 23.0. The largest absolute Gasteiger partial charge is 0.338 e. The number of benzene rings is 1. The molecule has 0 aliphatic heterocycles. The lowest BCUT2D eigenvalue weighted by Gasteiger charge is -2.10. The average molecular weight is 286 g/mol. The highest BCUT2D eigenvalue weighted by Crippen LogP contribution is 2.25. The van der Waals surface area contributed by atoms with E-state index in [2.05, 4.69) is 0 Å². The van der Waals surface area contributed by atoms with Gasteiger partial charge in [0.25, 0.3) is 5.91 Å². The molecule has 7 heteroatoms. The first-order valence-electron chi connectivity index (χ1n) is 5.00. The Balaban J connectivity index is 2.72. The van der Waals surface area contributed by atoms with E-state index >= 15 is 0 Å². The lowest BCUT2D eigenvalue weighted by atomic mass is 10.2. The number of carbonyl (C=O) groups is 1. The first-order valence-corrected chi connectivity index (χ1v) is 5.76. The van der Waals surface area contributed by atoms with Crippen LogP contribution in [0.4, 0.5) is 0 Å². The van der Waals surface area contributed by atoms with Gasteiger partial charge in [0.05, 0.1) is 15.9 Å². The van der Waals surface area contributed by atoms with Crippen LogP contribution in [0.3, 0.4) is 0 Å². The molecule has 1 aromatic heterocycles. The third-order valence-corrected chi connectivity index (χ3v) is 2.99. The molecule has 0 radical (unpaired) electrons. The Morgan fingerprint density at radius 1 is 1.39 bits per heavy atom. The number of hydrogen-bond acceptors (Lipinski definition) is 3. The molecule has 1 aromatic carbocycles. The minimum absolute atomic E-state index is 0.0239. The molecule has 5 nitrogen and oxygen atoms in total. The van der Waals surface area contributed by atoms with Gasteiger partial charge in [0.1, 0.15) is 6.54 Å². The molecule has 1 amide bonds. The highest BCUT2D eigenvalue weighted by Gasteiger charge is 2.10. The molecular weight excluding hydrogens is 277 g/mol. The zero-order valence-corrected chi connectivity index (χ0v) is 10.6. The molecule has 1 heterocycles. The molecule has 0 unspecified atom stereocenters. The summed E-state index contributed by atoms with van der Waals surface area (Å²) in [5.74, 6) is 4.63. The standard InChI is InChI=1S/C11H9Cl2N3O2/c12-6-3-7(13)11-8(4-6)16(2-1-9(11)17)5-10(18)15-14/h1-4H,5,14H2,(H,15,18).